The summed E-state index contributed by atoms with van der Waals surface area (Å²) in [4.78, 5) is 39.3. The number of methoxy groups -OCH3 is 1. The van der Waals surface area contributed by atoms with Crippen molar-refractivity contribution < 1.29 is 24.0 Å². The van der Waals surface area contributed by atoms with Gasteiger partial charge in [-0.3, -0.25) is 10.1 Å². The van der Waals surface area contributed by atoms with Gasteiger partial charge in [0.05, 0.1) is 34.4 Å². The standard InChI is InChI=1S/C20H16N2O6/c1-12-15-8-3-4-9-16(15)21-17(18(12)20(24)27-2)11-28-19(23)13-6-5-7-14(10-13)22(25)26/h3-10H,11H2,1-2H3. The second kappa shape index (κ2) is 7.83. The number of non-ortho nitro benzene ring substituents is 1. The second-order valence-corrected chi connectivity index (χ2v) is 5.95. The van der Waals surface area contributed by atoms with Crippen molar-refractivity contribution in [2.75, 3.05) is 7.11 Å². The number of para-hydroxylation sites is 1. The second-order valence-electron chi connectivity index (χ2n) is 5.95. The quantitative estimate of drug-likeness (QED) is 0.378. The molecule has 0 fully saturated rings. The van der Waals surface area contributed by atoms with Gasteiger partial charge in [-0.1, -0.05) is 24.3 Å². The predicted molar refractivity (Wildman–Crippen MR) is 100 cm³/mol. The summed E-state index contributed by atoms with van der Waals surface area (Å²) in [6, 6.07) is 12.5. The molecule has 0 atom stereocenters. The third kappa shape index (κ3) is 3.66. The Labute approximate surface area is 159 Å². The average molecular weight is 380 g/mol. The lowest BCUT2D eigenvalue weighted by molar-refractivity contribution is -0.384. The number of rotatable bonds is 5. The van der Waals surface area contributed by atoms with Crippen LogP contribution in [0.1, 0.15) is 32.0 Å². The summed E-state index contributed by atoms with van der Waals surface area (Å²) in [5.74, 6) is -1.34. The van der Waals surface area contributed by atoms with Crippen LogP contribution in [0.2, 0.25) is 0 Å². The largest absolute Gasteiger partial charge is 0.465 e. The molecule has 0 spiro atoms. The molecule has 0 N–H and O–H groups in total. The minimum Gasteiger partial charge on any atom is -0.465 e. The number of hydrogen-bond acceptors (Lipinski definition) is 7. The van der Waals surface area contributed by atoms with E-state index in [9.17, 15) is 19.7 Å². The fraction of sp³-hybridized carbons (Fsp3) is 0.150. The molecule has 142 valence electrons. The number of carbonyl (C=O) groups excluding carboxylic acids is 2. The van der Waals surface area contributed by atoms with Crippen molar-refractivity contribution in [1.82, 2.24) is 4.98 Å². The zero-order valence-electron chi connectivity index (χ0n) is 15.2. The van der Waals surface area contributed by atoms with Gasteiger partial charge in [-0.2, -0.15) is 0 Å². The first-order chi connectivity index (χ1) is 13.4. The lowest BCUT2D eigenvalue weighted by Crippen LogP contribution is -2.14. The van der Waals surface area contributed by atoms with Crippen molar-refractivity contribution in [2.45, 2.75) is 13.5 Å². The highest BCUT2D eigenvalue weighted by molar-refractivity contribution is 5.98. The van der Waals surface area contributed by atoms with E-state index in [-0.39, 0.29) is 29.1 Å². The van der Waals surface area contributed by atoms with Crippen LogP contribution in [0, 0.1) is 17.0 Å². The zero-order valence-corrected chi connectivity index (χ0v) is 15.2. The summed E-state index contributed by atoms with van der Waals surface area (Å²) in [5.41, 5.74) is 1.61. The molecule has 3 rings (SSSR count). The Morgan fingerprint density at radius 1 is 1.11 bits per heavy atom. The third-order valence-electron chi connectivity index (χ3n) is 4.25. The van der Waals surface area contributed by atoms with E-state index in [1.165, 1.54) is 25.3 Å². The van der Waals surface area contributed by atoms with Crippen LogP contribution in [0.15, 0.2) is 48.5 Å². The normalized spacial score (nSPS) is 10.5. The van der Waals surface area contributed by atoms with Crippen molar-refractivity contribution in [3.63, 3.8) is 0 Å². The number of pyridine rings is 1. The van der Waals surface area contributed by atoms with Crippen LogP contribution in [0.25, 0.3) is 10.9 Å². The van der Waals surface area contributed by atoms with Gasteiger partial charge in [-0.15, -0.1) is 0 Å². The van der Waals surface area contributed by atoms with Gasteiger partial charge in [0.2, 0.25) is 0 Å². The molecule has 0 saturated carbocycles. The van der Waals surface area contributed by atoms with Crippen molar-refractivity contribution in [3.8, 4) is 0 Å². The Balaban J connectivity index is 1.93. The minimum absolute atomic E-state index is 0.0336. The Hall–Kier alpha value is -3.81. The number of nitro benzene ring substituents is 1. The maximum atomic E-state index is 12.3. The number of nitrogens with zero attached hydrogens (tertiary/aromatic N) is 2. The summed E-state index contributed by atoms with van der Waals surface area (Å²) in [6.45, 7) is 1.49. The molecule has 8 heteroatoms. The highest BCUT2D eigenvalue weighted by Gasteiger charge is 2.21. The van der Waals surface area contributed by atoms with Crippen LogP contribution in [0.3, 0.4) is 0 Å². The third-order valence-corrected chi connectivity index (χ3v) is 4.25. The van der Waals surface area contributed by atoms with Gasteiger partial charge in [0.25, 0.3) is 5.69 Å². The Kier molecular flexibility index (Phi) is 5.30. The van der Waals surface area contributed by atoms with E-state index in [0.29, 0.717) is 11.1 Å². The number of aromatic nitrogens is 1. The number of benzene rings is 2. The monoisotopic (exact) mass is 380 g/mol. The molecule has 0 bridgehead atoms. The van der Waals surface area contributed by atoms with Crippen molar-refractivity contribution >= 4 is 28.5 Å². The van der Waals surface area contributed by atoms with Crippen LogP contribution in [-0.2, 0) is 16.1 Å². The number of fused-ring (bicyclic) bond motifs is 1. The topological polar surface area (TPSA) is 109 Å². The smallest absolute Gasteiger partial charge is 0.340 e. The van der Waals surface area contributed by atoms with Gasteiger partial charge in [0.1, 0.15) is 6.61 Å². The molecule has 1 aromatic heterocycles. The molecular weight excluding hydrogens is 364 g/mol. The zero-order chi connectivity index (χ0) is 20.3. The number of ether oxygens (including phenoxy) is 2. The molecule has 8 nitrogen and oxygen atoms in total. The van der Waals surface area contributed by atoms with Gasteiger partial charge < -0.3 is 9.47 Å². The van der Waals surface area contributed by atoms with Crippen molar-refractivity contribution in [3.05, 3.63) is 81.0 Å². The van der Waals surface area contributed by atoms with E-state index >= 15 is 0 Å². The Bertz CT molecular complexity index is 1090. The SMILES string of the molecule is COC(=O)c1c(COC(=O)c2cccc([N+](=O)[O-])c2)nc2ccccc2c1C. The first-order valence-electron chi connectivity index (χ1n) is 8.30. The molecule has 0 aliphatic heterocycles. The van der Waals surface area contributed by atoms with Crippen molar-refractivity contribution in [1.29, 1.82) is 0 Å². The summed E-state index contributed by atoms with van der Waals surface area (Å²) in [6.07, 6.45) is 0. The fourth-order valence-electron chi connectivity index (χ4n) is 2.88. The maximum absolute atomic E-state index is 12.3. The molecule has 0 saturated heterocycles. The van der Waals surface area contributed by atoms with Gasteiger partial charge in [-0.25, -0.2) is 14.6 Å². The van der Waals surface area contributed by atoms with Crippen LogP contribution >= 0.6 is 0 Å². The van der Waals surface area contributed by atoms with Gasteiger partial charge in [-0.05, 0) is 24.6 Å². The molecule has 28 heavy (non-hydrogen) atoms. The molecule has 3 aromatic rings. The van der Waals surface area contributed by atoms with Gasteiger partial charge in [0.15, 0.2) is 0 Å². The Morgan fingerprint density at radius 3 is 2.57 bits per heavy atom. The van der Waals surface area contributed by atoms with E-state index in [1.807, 2.05) is 18.2 Å². The highest BCUT2D eigenvalue weighted by atomic mass is 16.6. The summed E-state index contributed by atoms with van der Waals surface area (Å²) in [5, 5.41) is 11.7. The van der Waals surface area contributed by atoms with Crippen LogP contribution < -0.4 is 0 Å². The molecular formula is C20H16N2O6. The van der Waals surface area contributed by atoms with Crippen LogP contribution in [-0.4, -0.2) is 29.0 Å². The first kappa shape index (κ1) is 19.0. The molecule has 0 unspecified atom stereocenters. The van der Waals surface area contributed by atoms with E-state index in [1.54, 1.807) is 13.0 Å². The molecule has 1 heterocycles. The van der Waals surface area contributed by atoms with Crippen molar-refractivity contribution in [2.24, 2.45) is 0 Å². The lowest BCUT2D eigenvalue weighted by atomic mass is 10.0. The first-order valence-corrected chi connectivity index (χ1v) is 8.30. The molecule has 2 aromatic carbocycles. The Morgan fingerprint density at radius 2 is 1.86 bits per heavy atom. The van der Waals surface area contributed by atoms with Crippen LogP contribution in [0.5, 0.6) is 0 Å². The number of hydrogen-bond donors (Lipinski definition) is 0. The van der Waals surface area contributed by atoms with Gasteiger partial charge in [0, 0.05) is 17.5 Å². The maximum Gasteiger partial charge on any atom is 0.340 e. The van der Waals surface area contributed by atoms with E-state index in [2.05, 4.69) is 4.98 Å². The van der Waals surface area contributed by atoms with E-state index in [0.717, 1.165) is 11.5 Å². The molecule has 0 amide bonds. The highest BCUT2D eigenvalue weighted by Crippen LogP contribution is 2.24. The minimum atomic E-state index is -0.757. The number of nitro groups is 1. The molecule has 0 radical (unpaired) electrons. The fourth-order valence-corrected chi connectivity index (χ4v) is 2.88. The van der Waals surface area contributed by atoms with Crippen LogP contribution in [0.4, 0.5) is 5.69 Å². The van der Waals surface area contributed by atoms with Gasteiger partial charge >= 0.3 is 11.9 Å². The number of esters is 2. The number of carbonyl (C=O) groups is 2. The summed E-state index contributed by atoms with van der Waals surface area (Å²) >= 11 is 0. The summed E-state index contributed by atoms with van der Waals surface area (Å²) < 4.78 is 10.1. The average Bonchev–Trinajstić information content (AvgIpc) is 2.71. The molecule has 0 aliphatic carbocycles. The van der Waals surface area contributed by atoms with E-state index < -0.39 is 16.9 Å². The predicted octanol–water partition coefficient (Wildman–Crippen LogP) is 3.60. The van der Waals surface area contributed by atoms with E-state index in [4.69, 9.17) is 9.47 Å². The summed E-state index contributed by atoms with van der Waals surface area (Å²) in [7, 11) is 1.26. The lowest BCUT2D eigenvalue weighted by Gasteiger charge is -2.13. The number of aryl methyl sites for hydroxylation is 1. The molecule has 0 aliphatic rings.